The molecule has 0 aliphatic heterocycles. The average molecular weight is 909 g/mol. The second-order valence-electron chi connectivity index (χ2n) is 18.6. The Morgan fingerprint density at radius 2 is 0.490 bits per heavy atom. The molecule has 0 aliphatic rings. The van der Waals surface area contributed by atoms with Crippen LogP contribution >= 0.6 is 0 Å². The maximum atomic E-state index is 12.9. The summed E-state index contributed by atoms with van der Waals surface area (Å²) in [4.78, 5) is 0. The maximum absolute atomic E-state index is 12.9. The average Bonchev–Trinajstić information content (AvgIpc) is 2.93. The molecule has 4 nitrogen and oxygen atoms in total. The van der Waals surface area contributed by atoms with Crippen LogP contribution in [0.25, 0.3) is 0 Å². The quantitative estimate of drug-likeness (QED) is 0.204. The van der Waals surface area contributed by atoms with Crippen LogP contribution in [-0.4, -0.2) is 0 Å². The van der Waals surface area contributed by atoms with Gasteiger partial charge in [-0.2, -0.15) is 0 Å². The van der Waals surface area contributed by atoms with Crippen LogP contribution in [0.3, 0.4) is 0 Å². The van der Waals surface area contributed by atoms with Crippen LogP contribution < -0.4 is 20.4 Å². The third kappa shape index (κ3) is 11.2. The zero-order chi connectivity index (χ0) is 38.3. The Morgan fingerprint density at radius 1 is 0.333 bits per heavy atom. The molecule has 4 aromatic carbocycles. The summed E-state index contributed by atoms with van der Waals surface area (Å²) in [6.45, 7) is 32.7. The van der Waals surface area contributed by atoms with Gasteiger partial charge < -0.3 is 20.4 Å². The summed E-state index contributed by atoms with van der Waals surface area (Å²) >= 11 is 0. The molecule has 5 heteroatoms. The molecule has 0 fully saturated rings. The van der Waals surface area contributed by atoms with Crippen LogP contribution in [-0.2, 0) is 34.5 Å². The third-order valence-corrected chi connectivity index (χ3v) is 9.23. The molecule has 0 heterocycles. The summed E-state index contributed by atoms with van der Waals surface area (Å²) < 4.78 is 0. The third-order valence-electron chi connectivity index (χ3n) is 9.23. The Hall–Kier alpha value is -2.60. The maximum Gasteiger partial charge on any atom is 4.00 e. The summed E-state index contributed by atoms with van der Waals surface area (Å²) in [7, 11) is 0. The molecule has 0 radical (unpaired) electrons. The van der Waals surface area contributed by atoms with Crippen molar-refractivity contribution < 1.29 is 60.4 Å². The van der Waals surface area contributed by atoms with E-state index in [9.17, 15) is 20.4 Å². The zero-order valence-electron chi connectivity index (χ0n) is 34.2. The first-order valence-corrected chi connectivity index (χ1v) is 17.8. The van der Waals surface area contributed by atoms with Crippen molar-refractivity contribution in [1.82, 2.24) is 0 Å². The Balaban J connectivity index is 0.000000347. The number of benzene rings is 4. The molecule has 0 aromatic heterocycles. The van der Waals surface area contributed by atoms with E-state index < -0.39 is 0 Å². The van der Waals surface area contributed by atoms with Crippen LogP contribution in [0, 0.1) is 67.6 Å². The summed E-state index contributed by atoms with van der Waals surface area (Å²) in [6, 6.07) is 15.6. The van der Waals surface area contributed by atoms with Crippen molar-refractivity contribution in [2.24, 2.45) is 0 Å². The summed E-state index contributed by atoms with van der Waals surface area (Å²) in [6.07, 6.45) is 0.792. The van der Waals surface area contributed by atoms with E-state index in [1.165, 1.54) is 0 Å². The molecule has 51 heavy (non-hydrogen) atoms. The molecule has 0 N–H and O–H groups in total. The smallest absolute Gasteiger partial charge is 0.872 e. The molecule has 0 atom stereocenters. The fourth-order valence-electron chi connectivity index (χ4n) is 6.56. The SMILES string of the molecule is Cc1cc(Cc2cc(C)cc(C(C)(C)C)c2[O-])c([O-])c(C(C)(C)C)c1.Cc1cc(Cc2cc(C)cc(C(C)(C)C)c2[O-])c([O-])c(C(C)(C)C)c1.[Th+4]. The van der Waals surface area contributed by atoms with Gasteiger partial charge >= 0.3 is 39.9 Å². The zero-order valence-corrected chi connectivity index (χ0v) is 38.3. The second kappa shape index (κ2) is 16.2. The molecule has 0 spiro atoms. The Bertz CT molecular complexity index is 1580. The first kappa shape index (κ1) is 44.6. The largest absolute Gasteiger partial charge is 4.00 e. The van der Waals surface area contributed by atoms with E-state index in [0.29, 0.717) is 35.1 Å². The van der Waals surface area contributed by atoms with E-state index >= 15 is 0 Å². The van der Waals surface area contributed by atoms with Gasteiger partial charge in [0.1, 0.15) is 0 Å². The molecule has 0 saturated heterocycles. The molecule has 0 saturated carbocycles. The van der Waals surface area contributed by atoms with Gasteiger partial charge in [0.25, 0.3) is 0 Å². The van der Waals surface area contributed by atoms with Crippen molar-refractivity contribution in [3.63, 3.8) is 0 Å². The first-order chi connectivity index (χ1) is 22.6. The normalized spacial score (nSPS) is 12.2. The topological polar surface area (TPSA) is 92.2 Å². The Kier molecular flexibility index (Phi) is 14.1. The fraction of sp³-hybridized carbons (Fsp3) is 0.478. The molecule has 0 unspecified atom stereocenters. The van der Waals surface area contributed by atoms with Crippen LogP contribution in [0.5, 0.6) is 23.0 Å². The summed E-state index contributed by atoms with van der Waals surface area (Å²) in [5.74, 6) is 0.264. The predicted molar refractivity (Wildman–Crippen MR) is 203 cm³/mol. The summed E-state index contributed by atoms with van der Waals surface area (Å²) in [5.41, 5.74) is 9.57. The Morgan fingerprint density at radius 3 is 0.627 bits per heavy atom. The van der Waals surface area contributed by atoms with Crippen LogP contribution in [0.15, 0.2) is 48.5 Å². The van der Waals surface area contributed by atoms with Crippen LogP contribution in [0.2, 0.25) is 0 Å². The minimum atomic E-state index is -0.207. The predicted octanol–water partition coefficient (Wildman–Crippen LogP) is 9.27. The van der Waals surface area contributed by atoms with Crippen LogP contribution in [0.1, 0.15) is 150 Å². The Labute approximate surface area is 341 Å². The van der Waals surface area contributed by atoms with Gasteiger partial charge in [0.15, 0.2) is 0 Å². The van der Waals surface area contributed by atoms with Crippen molar-refractivity contribution in [1.29, 1.82) is 0 Å². The van der Waals surface area contributed by atoms with Gasteiger partial charge in [0, 0.05) is 0 Å². The van der Waals surface area contributed by atoms with Crippen molar-refractivity contribution in [2.45, 2.75) is 145 Å². The van der Waals surface area contributed by atoms with Crippen molar-refractivity contribution in [3.05, 3.63) is 115 Å². The molecular formula is C46H60O4Th. The van der Waals surface area contributed by atoms with Gasteiger partial charge in [0.05, 0.1) is 0 Å². The number of rotatable bonds is 4. The van der Waals surface area contributed by atoms with Crippen molar-refractivity contribution >= 4 is 0 Å². The standard InChI is InChI=1S/2C23H32O2.Th/c2*1-14-9-16(20(24)18(11-14)22(3,4)5)13-17-10-15(2)12-19(21(17)25)23(6,7)8;/h2*9-12,24-25H,13H2,1-8H3;/q;;+4/p-4. The monoisotopic (exact) mass is 908 g/mol. The molecular weight excluding hydrogens is 849 g/mol. The van der Waals surface area contributed by atoms with Gasteiger partial charge in [-0.25, -0.2) is 0 Å². The van der Waals surface area contributed by atoms with Gasteiger partial charge in [-0.1, -0.05) is 176 Å². The molecule has 0 amide bonds. The molecule has 4 aromatic rings. The van der Waals surface area contributed by atoms with Gasteiger partial charge in [-0.3, -0.25) is 0 Å². The van der Waals surface area contributed by atoms with Gasteiger partial charge in [0.2, 0.25) is 0 Å². The van der Waals surface area contributed by atoms with E-state index in [1.54, 1.807) is 0 Å². The molecule has 0 aliphatic carbocycles. The molecule has 4 rings (SSSR count). The van der Waals surface area contributed by atoms with E-state index in [1.807, 2.05) is 76.2 Å². The molecule has 0 bridgehead atoms. The van der Waals surface area contributed by atoms with Gasteiger partial charge in [-0.05, 0) is 84.5 Å². The van der Waals surface area contributed by atoms with E-state index in [2.05, 4.69) is 83.1 Å². The number of hydrogen-bond acceptors (Lipinski definition) is 4. The van der Waals surface area contributed by atoms with E-state index in [4.69, 9.17) is 0 Å². The number of hydrogen-bond donors (Lipinski definition) is 0. The van der Waals surface area contributed by atoms with Crippen LogP contribution in [0.4, 0.5) is 0 Å². The number of aryl methyl sites for hydroxylation is 4. The van der Waals surface area contributed by atoms with E-state index in [-0.39, 0.29) is 84.6 Å². The molecule has 272 valence electrons. The minimum Gasteiger partial charge on any atom is -0.872 e. The van der Waals surface area contributed by atoms with E-state index in [0.717, 1.165) is 44.5 Å². The fourth-order valence-corrected chi connectivity index (χ4v) is 6.56. The van der Waals surface area contributed by atoms with Crippen molar-refractivity contribution in [2.75, 3.05) is 0 Å². The first-order valence-electron chi connectivity index (χ1n) is 17.8. The minimum absolute atomic E-state index is 0. The second-order valence-corrected chi connectivity index (χ2v) is 18.6. The summed E-state index contributed by atoms with van der Waals surface area (Å²) in [5, 5.41) is 51.8. The van der Waals surface area contributed by atoms with Gasteiger partial charge in [-0.15, -0.1) is 23.0 Å². The van der Waals surface area contributed by atoms with Crippen molar-refractivity contribution in [3.8, 4) is 23.0 Å².